The average Bonchev–Trinajstić information content (AvgIpc) is 2.62. The van der Waals surface area contributed by atoms with E-state index in [9.17, 15) is 9.59 Å². The number of hydrogen-bond acceptors (Lipinski definition) is 4. The van der Waals surface area contributed by atoms with Crippen molar-refractivity contribution < 1.29 is 19.2 Å². The first-order valence-corrected chi connectivity index (χ1v) is 8.58. The minimum Gasteiger partial charge on any atom is -0.436 e. The second kappa shape index (κ2) is 9.27. The Bertz CT molecular complexity index is 529. The quantitative estimate of drug-likeness (QED) is 0.831. The number of nitrogens with zero attached hydrogens (tertiary/aromatic N) is 1. The van der Waals surface area contributed by atoms with Crippen LogP contribution in [0, 0.1) is 0 Å². The Hall–Kier alpha value is -2.08. The molecule has 0 bridgehead atoms. The van der Waals surface area contributed by atoms with Crippen LogP contribution in [0.1, 0.15) is 50.5 Å². The van der Waals surface area contributed by atoms with Gasteiger partial charge in [0.25, 0.3) is 5.91 Å². The summed E-state index contributed by atoms with van der Waals surface area (Å²) in [6.07, 6.45) is 2.53. The first-order valence-electron chi connectivity index (χ1n) is 8.58. The summed E-state index contributed by atoms with van der Waals surface area (Å²) < 4.78 is 5.25. The van der Waals surface area contributed by atoms with Crippen LogP contribution < -0.4 is 5.73 Å². The third-order valence-electron chi connectivity index (χ3n) is 4.20. The zero-order valence-electron chi connectivity index (χ0n) is 14.1. The Morgan fingerprint density at radius 1 is 1.29 bits per heavy atom. The minimum absolute atomic E-state index is 0.239. The van der Waals surface area contributed by atoms with E-state index in [1.165, 1.54) is 5.06 Å². The molecule has 6 heteroatoms. The van der Waals surface area contributed by atoms with E-state index in [-0.39, 0.29) is 11.8 Å². The molecule has 1 heterocycles. The number of amides is 2. The van der Waals surface area contributed by atoms with Crippen molar-refractivity contribution in [1.82, 2.24) is 5.06 Å². The summed E-state index contributed by atoms with van der Waals surface area (Å²) in [7, 11) is 0. The molecule has 2 atom stereocenters. The van der Waals surface area contributed by atoms with Crippen LogP contribution in [0.4, 0.5) is 4.79 Å². The van der Waals surface area contributed by atoms with Gasteiger partial charge >= 0.3 is 6.09 Å². The summed E-state index contributed by atoms with van der Waals surface area (Å²) in [4.78, 5) is 29.7. The molecule has 1 fully saturated rings. The SMILES string of the molecule is CCCCC(c1ccccc1)[C@H](OC(N)=O)C(=O)N1CCCCO1. The Labute approximate surface area is 142 Å². The highest BCUT2D eigenvalue weighted by molar-refractivity contribution is 5.83. The topological polar surface area (TPSA) is 81.9 Å². The maximum Gasteiger partial charge on any atom is 0.405 e. The maximum atomic E-state index is 12.9. The fraction of sp³-hybridized carbons (Fsp3) is 0.556. The molecule has 0 radical (unpaired) electrons. The van der Waals surface area contributed by atoms with Crippen molar-refractivity contribution in [3.8, 4) is 0 Å². The molecule has 132 valence electrons. The molecule has 0 aliphatic carbocycles. The van der Waals surface area contributed by atoms with Gasteiger partial charge in [-0.1, -0.05) is 50.1 Å². The van der Waals surface area contributed by atoms with Gasteiger partial charge in [-0.3, -0.25) is 9.63 Å². The van der Waals surface area contributed by atoms with Crippen molar-refractivity contribution in [2.45, 2.75) is 51.0 Å². The van der Waals surface area contributed by atoms with Crippen LogP contribution in [0.3, 0.4) is 0 Å². The van der Waals surface area contributed by atoms with Gasteiger partial charge in [0.1, 0.15) is 0 Å². The normalized spacial score (nSPS) is 17.1. The number of carbonyl (C=O) groups excluding carboxylic acids is 2. The van der Waals surface area contributed by atoms with Gasteiger partial charge in [-0.05, 0) is 24.8 Å². The van der Waals surface area contributed by atoms with E-state index in [1.807, 2.05) is 30.3 Å². The molecule has 2 rings (SSSR count). The fourth-order valence-electron chi connectivity index (χ4n) is 2.96. The van der Waals surface area contributed by atoms with E-state index in [1.54, 1.807) is 0 Å². The Kier molecular flexibility index (Phi) is 7.06. The van der Waals surface area contributed by atoms with Gasteiger partial charge in [-0.15, -0.1) is 0 Å². The van der Waals surface area contributed by atoms with Gasteiger partial charge in [0.15, 0.2) is 6.10 Å². The number of ether oxygens (including phenoxy) is 1. The van der Waals surface area contributed by atoms with Gasteiger partial charge in [-0.2, -0.15) is 0 Å². The second-order valence-electron chi connectivity index (χ2n) is 6.00. The highest BCUT2D eigenvalue weighted by Crippen LogP contribution is 2.29. The van der Waals surface area contributed by atoms with Gasteiger partial charge in [0.2, 0.25) is 0 Å². The lowest BCUT2D eigenvalue weighted by Gasteiger charge is -2.32. The molecule has 1 unspecified atom stereocenters. The first-order chi connectivity index (χ1) is 11.6. The summed E-state index contributed by atoms with van der Waals surface area (Å²) in [5.41, 5.74) is 6.19. The van der Waals surface area contributed by atoms with Crippen LogP contribution in [0.2, 0.25) is 0 Å². The van der Waals surface area contributed by atoms with Gasteiger partial charge < -0.3 is 10.5 Å². The van der Waals surface area contributed by atoms with Crippen LogP contribution in [0.25, 0.3) is 0 Å². The average molecular weight is 334 g/mol. The van der Waals surface area contributed by atoms with E-state index in [0.29, 0.717) is 13.2 Å². The first kappa shape index (κ1) is 18.3. The molecule has 1 aromatic rings. The molecular weight excluding hydrogens is 308 g/mol. The van der Waals surface area contributed by atoms with E-state index >= 15 is 0 Å². The molecule has 1 aliphatic heterocycles. The van der Waals surface area contributed by atoms with Gasteiger partial charge in [0, 0.05) is 12.5 Å². The lowest BCUT2D eigenvalue weighted by atomic mass is 9.88. The summed E-state index contributed by atoms with van der Waals surface area (Å²) in [5, 5.41) is 1.32. The highest BCUT2D eigenvalue weighted by atomic mass is 16.7. The Morgan fingerprint density at radius 2 is 2.04 bits per heavy atom. The number of hydrogen-bond donors (Lipinski definition) is 1. The maximum absolute atomic E-state index is 12.9. The molecule has 1 aliphatic rings. The van der Waals surface area contributed by atoms with Crippen LogP contribution in [0.15, 0.2) is 30.3 Å². The zero-order chi connectivity index (χ0) is 17.4. The number of nitrogens with two attached hydrogens (primary N) is 1. The van der Waals surface area contributed by atoms with Gasteiger partial charge in [0.05, 0.1) is 6.61 Å². The van der Waals surface area contributed by atoms with Crippen molar-refractivity contribution >= 4 is 12.0 Å². The van der Waals surface area contributed by atoms with E-state index in [0.717, 1.165) is 37.7 Å². The summed E-state index contributed by atoms with van der Waals surface area (Å²) >= 11 is 0. The molecule has 0 spiro atoms. The lowest BCUT2D eigenvalue weighted by molar-refractivity contribution is -0.205. The van der Waals surface area contributed by atoms with E-state index in [4.69, 9.17) is 15.3 Å². The van der Waals surface area contributed by atoms with Crippen molar-refractivity contribution in [3.05, 3.63) is 35.9 Å². The lowest BCUT2D eigenvalue weighted by Crippen LogP contribution is -2.47. The van der Waals surface area contributed by atoms with Crippen molar-refractivity contribution in [1.29, 1.82) is 0 Å². The highest BCUT2D eigenvalue weighted by Gasteiger charge is 2.36. The summed E-state index contributed by atoms with van der Waals surface area (Å²) in [6.45, 7) is 3.09. The van der Waals surface area contributed by atoms with Crippen LogP contribution >= 0.6 is 0 Å². The monoisotopic (exact) mass is 334 g/mol. The van der Waals surface area contributed by atoms with Crippen LogP contribution in [0.5, 0.6) is 0 Å². The molecule has 6 nitrogen and oxygen atoms in total. The van der Waals surface area contributed by atoms with E-state index in [2.05, 4.69) is 6.92 Å². The molecule has 0 saturated carbocycles. The zero-order valence-corrected chi connectivity index (χ0v) is 14.1. The Balaban J connectivity index is 2.26. The molecule has 0 aromatic heterocycles. The fourth-order valence-corrected chi connectivity index (χ4v) is 2.96. The van der Waals surface area contributed by atoms with Crippen molar-refractivity contribution in [2.75, 3.05) is 13.2 Å². The summed E-state index contributed by atoms with van der Waals surface area (Å²) in [5.74, 6) is -0.574. The van der Waals surface area contributed by atoms with Crippen LogP contribution in [-0.2, 0) is 14.4 Å². The minimum atomic E-state index is -0.963. The molecule has 24 heavy (non-hydrogen) atoms. The molecule has 2 N–H and O–H groups in total. The molecule has 2 amide bonds. The standard InChI is InChI=1S/C18H26N2O4/c1-2-3-11-15(14-9-5-4-6-10-14)16(24-18(19)22)17(21)20-12-7-8-13-23-20/h4-6,9-10,15-16H,2-3,7-8,11-13H2,1H3,(H2,19,22)/t15?,16-/m0/s1. The van der Waals surface area contributed by atoms with E-state index < -0.39 is 12.2 Å². The molecule has 1 saturated heterocycles. The number of unbranched alkanes of at least 4 members (excludes halogenated alkanes) is 1. The predicted octanol–water partition coefficient (Wildman–Crippen LogP) is 2.98. The predicted molar refractivity (Wildman–Crippen MR) is 90.1 cm³/mol. The van der Waals surface area contributed by atoms with Crippen LogP contribution in [-0.4, -0.2) is 36.3 Å². The largest absolute Gasteiger partial charge is 0.436 e. The Morgan fingerprint density at radius 3 is 2.62 bits per heavy atom. The third-order valence-corrected chi connectivity index (χ3v) is 4.20. The number of rotatable bonds is 7. The third kappa shape index (κ3) is 4.96. The molecular formula is C18H26N2O4. The number of primary amides is 1. The van der Waals surface area contributed by atoms with Crippen molar-refractivity contribution in [3.63, 3.8) is 0 Å². The number of carbonyl (C=O) groups is 2. The summed E-state index contributed by atoms with van der Waals surface area (Å²) in [6, 6.07) is 9.64. The smallest absolute Gasteiger partial charge is 0.405 e. The number of hydroxylamine groups is 2. The molecule has 1 aromatic carbocycles. The second-order valence-corrected chi connectivity index (χ2v) is 6.00. The number of benzene rings is 1. The van der Waals surface area contributed by atoms with Gasteiger partial charge in [-0.25, -0.2) is 9.86 Å². The van der Waals surface area contributed by atoms with Crippen molar-refractivity contribution in [2.24, 2.45) is 5.73 Å².